The van der Waals surface area contributed by atoms with E-state index in [9.17, 15) is 23.1 Å². The van der Waals surface area contributed by atoms with Gasteiger partial charge in [-0.25, -0.2) is 14.8 Å². The van der Waals surface area contributed by atoms with Gasteiger partial charge in [0.1, 0.15) is 17.2 Å². The van der Waals surface area contributed by atoms with Gasteiger partial charge in [0, 0.05) is 56.2 Å². The highest BCUT2D eigenvalue weighted by Gasteiger charge is 2.63. The molecule has 5 aliphatic rings. The molecule has 12 heteroatoms. The second kappa shape index (κ2) is 7.58. The van der Waals surface area contributed by atoms with Crippen molar-refractivity contribution < 1.29 is 23.1 Å². The van der Waals surface area contributed by atoms with Crippen molar-refractivity contribution >= 4 is 11.8 Å². The molecule has 2 aromatic rings. The van der Waals surface area contributed by atoms with Crippen molar-refractivity contribution in [3.8, 4) is 0 Å². The molecule has 198 valence electrons. The monoisotopic (exact) mass is 517 g/mol. The van der Waals surface area contributed by atoms with Crippen LogP contribution in [0.15, 0.2) is 18.3 Å². The number of nitrogens with one attached hydrogen (secondary N) is 2. The Bertz CT molecular complexity index is 1200. The lowest BCUT2D eigenvalue weighted by Gasteiger charge is -2.59. The smallest absolute Gasteiger partial charge is 0.382 e. The molecule has 2 saturated heterocycles. The lowest BCUT2D eigenvalue weighted by Crippen LogP contribution is -2.67. The van der Waals surface area contributed by atoms with Crippen LogP contribution in [0.3, 0.4) is 0 Å². The van der Waals surface area contributed by atoms with Gasteiger partial charge in [0.25, 0.3) is 0 Å². The van der Waals surface area contributed by atoms with Crippen LogP contribution in [0.4, 0.5) is 23.8 Å². The Labute approximate surface area is 211 Å². The summed E-state index contributed by atoms with van der Waals surface area (Å²) >= 11 is 0. The van der Waals surface area contributed by atoms with E-state index in [2.05, 4.69) is 25.5 Å². The first kappa shape index (κ1) is 23.2. The van der Waals surface area contributed by atoms with Gasteiger partial charge >= 0.3 is 12.2 Å². The summed E-state index contributed by atoms with van der Waals surface area (Å²) < 4.78 is 39.3. The molecule has 0 atom stereocenters. The van der Waals surface area contributed by atoms with Crippen molar-refractivity contribution in [1.29, 1.82) is 0 Å². The summed E-state index contributed by atoms with van der Waals surface area (Å²) in [6.07, 6.45) is 1.24. The maximum Gasteiger partial charge on any atom is 0.396 e. The van der Waals surface area contributed by atoms with E-state index in [0.717, 1.165) is 50.2 Å². The highest BCUT2D eigenvalue weighted by atomic mass is 19.4. The number of hydrogen-bond donors (Lipinski definition) is 3. The Balaban J connectivity index is 0.852. The van der Waals surface area contributed by atoms with Crippen molar-refractivity contribution in [3.63, 3.8) is 0 Å². The molecule has 4 heterocycles. The van der Waals surface area contributed by atoms with Crippen LogP contribution in [-0.2, 0) is 5.60 Å². The number of aromatic nitrogens is 4. The number of H-pyrrole nitrogens is 1. The third-order valence-electron chi connectivity index (χ3n) is 9.18. The molecule has 1 spiro atoms. The van der Waals surface area contributed by atoms with Crippen molar-refractivity contribution in [3.05, 3.63) is 35.5 Å². The minimum absolute atomic E-state index is 0.0661. The Hall–Kier alpha value is -2.89. The third-order valence-corrected chi connectivity index (χ3v) is 9.18. The van der Waals surface area contributed by atoms with E-state index >= 15 is 0 Å². The lowest BCUT2D eigenvalue weighted by molar-refractivity contribution is -0.182. The van der Waals surface area contributed by atoms with Crippen LogP contribution in [0.2, 0.25) is 0 Å². The molecule has 2 aromatic heterocycles. The fourth-order valence-corrected chi connectivity index (χ4v) is 6.11. The van der Waals surface area contributed by atoms with Crippen molar-refractivity contribution in [2.24, 2.45) is 10.8 Å². The number of nitrogens with zero attached hydrogens (tertiary/aromatic N) is 5. The number of rotatable bonds is 6. The molecular weight excluding hydrogens is 487 g/mol. The van der Waals surface area contributed by atoms with Crippen molar-refractivity contribution in [2.45, 2.75) is 62.1 Å². The first-order chi connectivity index (χ1) is 17.6. The number of pyridine rings is 1. The van der Waals surface area contributed by atoms with Crippen molar-refractivity contribution in [2.75, 3.05) is 38.0 Å². The van der Waals surface area contributed by atoms with Crippen LogP contribution in [0.1, 0.15) is 67.6 Å². The van der Waals surface area contributed by atoms with Gasteiger partial charge in [-0.1, -0.05) is 6.07 Å². The van der Waals surface area contributed by atoms with Gasteiger partial charge in [0.05, 0.1) is 5.41 Å². The summed E-state index contributed by atoms with van der Waals surface area (Å²) in [5, 5.41) is 20.2. The largest absolute Gasteiger partial charge is 0.396 e. The van der Waals surface area contributed by atoms with Gasteiger partial charge in [0.15, 0.2) is 5.82 Å². The highest BCUT2D eigenvalue weighted by molar-refractivity contribution is 5.77. The van der Waals surface area contributed by atoms with Crippen LogP contribution in [0, 0.1) is 10.8 Å². The van der Waals surface area contributed by atoms with Crippen LogP contribution in [-0.4, -0.2) is 80.0 Å². The molecule has 37 heavy (non-hydrogen) atoms. The van der Waals surface area contributed by atoms with Crippen LogP contribution in [0.25, 0.3) is 0 Å². The van der Waals surface area contributed by atoms with Gasteiger partial charge < -0.3 is 20.2 Å². The molecule has 0 aromatic carbocycles. The zero-order valence-corrected chi connectivity index (χ0v) is 20.4. The molecule has 7 rings (SSSR count). The lowest BCUT2D eigenvalue weighted by atomic mass is 9.57. The second-order valence-corrected chi connectivity index (χ2v) is 12.0. The number of alkyl halides is 3. The van der Waals surface area contributed by atoms with Gasteiger partial charge in [-0.15, -0.1) is 0 Å². The quantitative estimate of drug-likeness (QED) is 0.542. The second-order valence-electron chi connectivity index (χ2n) is 12.0. The van der Waals surface area contributed by atoms with E-state index in [0.29, 0.717) is 30.6 Å². The first-order valence-corrected chi connectivity index (χ1v) is 13.0. The third kappa shape index (κ3) is 3.86. The Morgan fingerprint density at radius 2 is 1.84 bits per heavy atom. The van der Waals surface area contributed by atoms with E-state index in [4.69, 9.17) is 0 Å². The molecule has 2 aliphatic heterocycles. The molecule has 2 amide bonds. The minimum Gasteiger partial charge on any atom is -0.382 e. The van der Waals surface area contributed by atoms with E-state index in [1.54, 1.807) is 12.3 Å². The normalized spacial score (nSPS) is 25.3. The van der Waals surface area contributed by atoms with Crippen LogP contribution < -0.4 is 5.32 Å². The Morgan fingerprint density at radius 1 is 1.11 bits per heavy atom. The topological polar surface area (TPSA) is 110 Å². The summed E-state index contributed by atoms with van der Waals surface area (Å²) in [6, 6.07) is 3.68. The van der Waals surface area contributed by atoms with Gasteiger partial charge in [-0.05, 0) is 50.2 Å². The number of aliphatic hydroxyl groups is 1. The summed E-state index contributed by atoms with van der Waals surface area (Å²) in [5.74, 6) is 2.30. The Kier molecular flexibility index (Phi) is 4.76. The van der Waals surface area contributed by atoms with Gasteiger partial charge in [-0.2, -0.15) is 18.3 Å². The number of amides is 2. The summed E-state index contributed by atoms with van der Waals surface area (Å²) in [7, 11) is 0. The fourth-order valence-electron chi connectivity index (χ4n) is 6.11. The molecule has 0 bridgehead atoms. The highest BCUT2D eigenvalue weighted by Crippen LogP contribution is 2.58. The summed E-state index contributed by atoms with van der Waals surface area (Å²) in [6.45, 7) is 2.63. The summed E-state index contributed by atoms with van der Waals surface area (Å²) in [5.41, 5.74) is -1.26. The van der Waals surface area contributed by atoms with Crippen LogP contribution in [0.5, 0.6) is 0 Å². The molecule has 3 aliphatic carbocycles. The average Bonchev–Trinajstić information content (AvgIpc) is 3.68. The number of carbonyl (C=O) groups excluding carboxylic acids is 1. The fraction of sp³-hybridized carbons (Fsp3) is 0.680. The van der Waals surface area contributed by atoms with Crippen LogP contribution >= 0.6 is 0 Å². The molecule has 3 N–H and O–H groups in total. The zero-order chi connectivity index (χ0) is 25.6. The number of anilines is 1. The van der Waals surface area contributed by atoms with E-state index < -0.39 is 17.2 Å². The number of likely N-dealkylation sites (tertiary alicyclic amines) is 2. The molecule has 5 fully saturated rings. The molecule has 0 radical (unpaired) electrons. The standard InChI is InChI=1S/C25H30F3N7O2/c26-25(27,28)23(3-4-23)12-30-18-2-1-15(9-29-18)17-10-34(11-17)21(36)35-13-22(14-35)7-16(8-22)19-31-20(33-32-19)24(37)5-6-24/h1-2,9,16-17,37H,3-8,10-14H2,(H,29,30)(H,31,32,33). The summed E-state index contributed by atoms with van der Waals surface area (Å²) in [4.78, 5) is 25.4. The Morgan fingerprint density at radius 3 is 2.43 bits per heavy atom. The predicted octanol–water partition coefficient (Wildman–Crippen LogP) is 3.33. The molecule has 3 saturated carbocycles. The van der Waals surface area contributed by atoms with Gasteiger partial charge in [-0.3, -0.25) is 5.10 Å². The van der Waals surface area contributed by atoms with Gasteiger partial charge in [0.2, 0.25) is 0 Å². The number of urea groups is 1. The van der Waals surface area contributed by atoms with E-state index in [1.165, 1.54) is 0 Å². The van der Waals surface area contributed by atoms with Crippen molar-refractivity contribution in [1.82, 2.24) is 30.0 Å². The zero-order valence-electron chi connectivity index (χ0n) is 20.4. The average molecular weight is 518 g/mol. The minimum atomic E-state index is -4.18. The first-order valence-electron chi connectivity index (χ1n) is 13.0. The molecular formula is C25H30F3N7O2. The number of hydrogen-bond acceptors (Lipinski definition) is 6. The number of carbonyl (C=O) groups is 1. The molecule has 9 nitrogen and oxygen atoms in total. The maximum atomic E-state index is 13.1. The number of aromatic amines is 1. The van der Waals surface area contributed by atoms with E-state index in [-0.39, 0.29) is 36.8 Å². The SMILES string of the molecule is O=C(N1CC(c2ccc(NCC3(C(F)(F)F)CC3)nc2)C1)N1CC2(CC(c3nc(C4(O)CC4)n[nH]3)C2)C1. The molecule has 0 unspecified atom stereocenters. The predicted molar refractivity (Wildman–Crippen MR) is 126 cm³/mol. The maximum absolute atomic E-state index is 13.1. The number of halogens is 3. The van der Waals surface area contributed by atoms with E-state index in [1.807, 2.05) is 15.9 Å².